The second kappa shape index (κ2) is 9.72. The molecule has 0 radical (unpaired) electrons. The summed E-state index contributed by atoms with van der Waals surface area (Å²) in [7, 11) is 1.63. The highest BCUT2D eigenvalue weighted by atomic mass is 19.1. The molecule has 1 aromatic carbocycles. The first-order chi connectivity index (χ1) is 9.29. The minimum absolute atomic E-state index is 0.310. The van der Waals surface area contributed by atoms with E-state index < -0.39 is 0 Å². The molecule has 2 N–H and O–H groups in total. The molecule has 0 aliphatic heterocycles. The fraction of sp³-hybridized carbons (Fsp3) is 0.571. The van der Waals surface area contributed by atoms with Gasteiger partial charge in [0.05, 0.1) is 19.8 Å². The SMILES string of the molecule is COCCOCCCOc1c(F)cccc1CCN. The Bertz CT molecular complexity index is 361. The third-order valence-electron chi connectivity index (χ3n) is 2.57. The number of halogens is 1. The molecule has 0 aliphatic carbocycles. The molecule has 19 heavy (non-hydrogen) atoms. The second-order valence-electron chi connectivity index (χ2n) is 4.07. The molecule has 0 bridgehead atoms. The highest BCUT2D eigenvalue weighted by Crippen LogP contribution is 2.23. The predicted molar refractivity (Wildman–Crippen MR) is 72.0 cm³/mol. The molecule has 0 saturated carbocycles. The highest BCUT2D eigenvalue weighted by Gasteiger charge is 2.08. The lowest BCUT2D eigenvalue weighted by Gasteiger charge is -2.12. The Morgan fingerprint density at radius 2 is 2.00 bits per heavy atom. The van der Waals surface area contributed by atoms with E-state index in [9.17, 15) is 4.39 Å². The number of hydrogen-bond acceptors (Lipinski definition) is 4. The molecule has 0 aliphatic rings. The fourth-order valence-corrected chi connectivity index (χ4v) is 1.65. The smallest absolute Gasteiger partial charge is 0.165 e. The van der Waals surface area contributed by atoms with E-state index in [1.165, 1.54) is 6.07 Å². The van der Waals surface area contributed by atoms with Crippen LogP contribution >= 0.6 is 0 Å². The van der Waals surface area contributed by atoms with E-state index in [0.717, 1.165) is 5.56 Å². The van der Waals surface area contributed by atoms with Crippen molar-refractivity contribution in [2.45, 2.75) is 12.8 Å². The van der Waals surface area contributed by atoms with Crippen LogP contribution in [0.3, 0.4) is 0 Å². The summed E-state index contributed by atoms with van der Waals surface area (Å²) in [6, 6.07) is 4.89. The van der Waals surface area contributed by atoms with Gasteiger partial charge in [-0.25, -0.2) is 4.39 Å². The minimum Gasteiger partial charge on any atom is -0.490 e. The molecule has 0 atom stereocenters. The Labute approximate surface area is 113 Å². The summed E-state index contributed by atoms with van der Waals surface area (Å²) in [4.78, 5) is 0. The maximum Gasteiger partial charge on any atom is 0.165 e. The Balaban J connectivity index is 2.32. The number of ether oxygens (including phenoxy) is 3. The van der Waals surface area contributed by atoms with Gasteiger partial charge in [0.2, 0.25) is 0 Å². The van der Waals surface area contributed by atoms with Crippen LogP contribution in [0.25, 0.3) is 0 Å². The van der Waals surface area contributed by atoms with Crippen LogP contribution in [0.2, 0.25) is 0 Å². The van der Waals surface area contributed by atoms with Crippen molar-refractivity contribution in [1.82, 2.24) is 0 Å². The third kappa shape index (κ3) is 6.00. The van der Waals surface area contributed by atoms with E-state index >= 15 is 0 Å². The van der Waals surface area contributed by atoms with Gasteiger partial charge >= 0.3 is 0 Å². The molecule has 1 rings (SSSR count). The number of rotatable bonds is 10. The van der Waals surface area contributed by atoms with Gasteiger partial charge in [0.25, 0.3) is 0 Å². The van der Waals surface area contributed by atoms with Gasteiger partial charge in [0.1, 0.15) is 0 Å². The fourth-order valence-electron chi connectivity index (χ4n) is 1.65. The van der Waals surface area contributed by atoms with E-state index in [1.54, 1.807) is 13.2 Å². The zero-order valence-electron chi connectivity index (χ0n) is 11.4. The van der Waals surface area contributed by atoms with E-state index in [2.05, 4.69) is 0 Å². The maximum absolute atomic E-state index is 13.6. The summed E-state index contributed by atoms with van der Waals surface area (Å²) >= 11 is 0. The van der Waals surface area contributed by atoms with Crippen LogP contribution in [0.15, 0.2) is 18.2 Å². The van der Waals surface area contributed by atoms with Crippen LogP contribution in [-0.2, 0) is 15.9 Å². The van der Waals surface area contributed by atoms with Crippen molar-refractivity contribution in [3.05, 3.63) is 29.6 Å². The van der Waals surface area contributed by atoms with Crippen molar-refractivity contribution in [2.75, 3.05) is 40.1 Å². The predicted octanol–water partition coefficient (Wildman–Crippen LogP) is 1.76. The summed E-state index contributed by atoms with van der Waals surface area (Å²) in [6.45, 7) is 2.61. The minimum atomic E-state index is -0.341. The highest BCUT2D eigenvalue weighted by molar-refractivity contribution is 5.35. The number of methoxy groups -OCH3 is 1. The van der Waals surface area contributed by atoms with Gasteiger partial charge in [-0.3, -0.25) is 0 Å². The third-order valence-corrected chi connectivity index (χ3v) is 2.57. The summed E-state index contributed by atoms with van der Waals surface area (Å²) in [5.41, 5.74) is 6.30. The van der Waals surface area contributed by atoms with E-state index in [1.807, 2.05) is 6.07 Å². The van der Waals surface area contributed by atoms with Crippen molar-refractivity contribution in [3.8, 4) is 5.75 Å². The van der Waals surface area contributed by atoms with Gasteiger partial charge < -0.3 is 19.9 Å². The van der Waals surface area contributed by atoms with Gasteiger partial charge in [-0.05, 0) is 24.6 Å². The number of hydrogen-bond donors (Lipinski definition) is 1. The van der Waals surface area contributed by atoms with E-state index in [-0.39, 0.29) is 5.82 Å². The molecule has 0 aromatic heterocycles. The standard InChI is InChI=1S/C14H22FNO3/c1-17-10-11-18-8-3-9-19-14-12(6-7-16)4-2-5-13(14)15/h2,4-5H,3,6-11,16H2,1H3. The molecular weight excluding hydrogens is 249 g/mol. The van der Waals surface area contributed by atoms with Gasteiger partial charge in [0, 0.05) is 20.1 Å². The van der Waals surface area contributed by atoms with Crippen molar-refractivity contribution >= 4 is 0 Å². The number of para-hydroxylation sites is 1. The monoisotopic (exact) mass is 271 g/mol. The van der Waals surface area contributed by atoms with Gasteiger partial charge in [-0.1, -0.05) is 12.1 Å². The van der Waals surface area contributed by atoms with Crippen molar-refractivity contribution in [1.29, 1.82) is 0 Å². The Kier molecular flexibility index (Phi) is 8.13. The molecular formula is C14H22FNO3. The normalized spacial score (nSPS) is 10.7. The summed E-state index contributed by atoms with van der Waals surface area (Å²) in [5.74, 6) is -0.0314. The lowest BCUT2D eigenvalue weighted by atomic mass is 10.1. The molecule has 108 valence electrons. The Morgan fingerprint density at radius 3 is 2.74 bits per heavy atom. The zero-order valence-corrected chi connectivity index (χ0v) is 11.4. The summed E-state index contributed by atoms with van der Waals surface area (Å²) in [6.07, 6.45) is 1.32. The number of nitrogens with two attached hydrogens (primary N) is 1. The lowest BCUT2D eigenvalue weighted by molar-refractivity contribution is 0.0642. The van der Waals surface area contributed by atoms with Crippen molar-refractivity contribution < 1.29 is 18.6 Å². The first-order valence-electron chi connectivity index (χ1n) is 6.46. The first kappa shape index (κ1) is 15.9. The topological polar surface area (TPSA) is 53.7 Å². The molecule has 0 spiro atoms. The molecule has 0 fully saturated rings. The second-order valence-corrected chi connectivity index (χ2v) is 4.07. The van der Waals surface area contributed by atoms with E-state index in [0.29, 0.717) is 51.6 Å². The average molecular weight is 271 g/mol. The Morgan fingerprint density at radius 1 is 1.16 bits per heavy atom. The molecule has 0 heterocycles. The molecule has 0 amide bonds. The van der Waals surface area contributed by atoms with Crippen LogP contribution in [0.1, 0.15) is 12.0 Å². The maximum atomic E-state index is 13.6. The quantitative estimate of drug-likeness (QED) is 0.659. The molecule has 1 aromatic rings. The molecule has 0 saturated heterocycles. The van der Waals surface area contributed by atoms with Crippen molar-refractivity contribution in [2.24, 2.45) is 5.73 Å². The lowest BCUT2D eigenvalue weighted by Crippen LogP contribution is -2.10. The molecule has 0 unspecified atom stereocenters. The van der Waals surface area contributed by atoms with Crippen LogP contribution in [0, 0.1) is 5.82 Å². The number of benzene rings is 1. The molecule has 4 nitrogen and oxygen atoms in total. The van der Waals surface area contributed by atoms with Crippen LogP contribution in [0.5, 0.6) is 5.75 Å². The average Bonchev–Trinajstić information content (AvgIpc) is 2.41. The van der Waals surface area contributed by atoms with Crippen LogP contribution < -0.4 is 10.5 Å². The van der Waals surface area contributed by atoms with Gasteiger partial charge in [-0.15, -0.1) is 0 Å². The summed E-state index contributed by atoms with van der Waals surface area (Å²) in [5, 5.41) is 0. The first-order valence-corrected chi connectivity index (χ1v) is 6.46. The van der Waals surface area contributed by atoms with E-state index in [4.69, 9.17) is 19.9 Å². The largest absolute Gasteiger partial charge is 0.490 e. The summed E-state index contributed by atoms with van der Waals surface area (Å²) < 4.78 is 29.3. The van der Waals surface area contributed by atoms with Crippen LogP contribution in [0.4, 0.5) is 4.39 Å². The van der Waals surface area contributed by atoms with Crippen molar-refractivity contribution in [3.63, 3.8) is 0 Å². The Hall–Kier alpha value is -1.17. The van der Waals surface area contributed by atoms with Gasteiger partial charge in [-0.2, -0.15) is 0 Å². The molecule has 5 heteroatoms. The van der Waals surface area contributed by atoms with Gasteiger partial charge in [0.15, 0.2) is 11.6 Å². The van der Waals surface area contributed by atoms with Crippen LogP contribution in [-0.4, -0.2) is 40.1 Å². The zero-order chi connectivity index (χ0) is 13.9.